The fourth-order valence-electron chi connectivity index (χ4n) is 3.74. The van der Waals surface area contributed by atoms with E-state index in [0.717, 1.165) is 40.9 Å². The van der Waals surface area contributed by atoms with Crippen LogP contribution in [-0.2, 0) is 6.61 Å². The Morgan fingerprint density at radius 3 is 2.59 bits per heavy atom. The Morgan fingerprint density at radius 1 is 1.09 bits per heavy atom. The van der Waals surface area contributed by atoms with E-state index in [1.165, 1.54) is 0 Å². The van der Waals surface area contributed by atoms with E-state index >= 15 is 0 Å². The molecule has 0 aliphatic rings. The predicted octanol–water partition coefficient (Wildman–Crippen LogP) is 7.36. The fourth-order valence-corrected chi connectivity index (χ4v) is 4.20. The maximum absolute atomic E-state index is 9.89. The highest BCUT2D eigenvalue weighted by Crippen LogP contribution is 2.31. The van der Waals surface area contributed by atoms with Gasteiger partial charge in [0.1, 0.15) is 24.3 Å². The molecule has 0 aliphatic carbocycles. The quantitative estimate of drug-likeness (QED) is 0.262. The lowest BCUT2D eigenvalue weighted by molar-refractivity contribution is 0.305. The molecule has 172 valence electrons. The first-order valence-corrected chi connectivity index (χ1v) is 11.8. The van der Waals surface area contributed by atoms with Gasteiger partial charge in [-0.15, -0.1) is 0 Å². The molecule has 1 aromatic heterocycles. The molecule has 4 aromatic rings. The number of aromatic amines is 1. The van der Waals surface area contributed by atoms with Crippen molar-refractivity contribution in [1.82, 2.24) is 9.97 Å². The summed E-state index contributed by atoms with van der Waals surface area (Å²) < 4.78 is 6.23. The third kappa shape index (κ3) is 5.20. The Kier molecular flexibility index (Phi) is 7.42. The number of allylic oxidation sites excluding steroid dienone is 1. The Morgan fingerprint density at radius 2 is 1.88 bits per heavy atom. The van der Waals surface area contributed by atoms with Crippen LogP contribution in [-0.4, -0.2) is 23.1 Å². The lowest BCUT2D eigenvalue weighted by Gasteiger charge is -2.22. The minimum Gasteiger partial charge on any atom is -0.488 e. The van der Waals surface area contributed by atoms with E-state index in [2.05, 4.69) is 34.8 Å². The molecule has 34 heavy (non-hydrogen) atoms. The number of ether oxygens (including phenoxy) is 1. The second-order valence-corrected chi connectivity index (χ2v) is 8.53. The van der Waals surface area contributed by atoms with E-state index in [1.807, 2.05) is 48.5 Å². The Labute approximate surface area is 209 Å². The normalized spacial score (nSPS) is 11.4. The molecule has 1 heterocycles. The highest BCUT2D eigenvalue weighted by Gasteiger charge is 2.13. The van der Waals surface area contributed by atoms with E-state index in [9.17, 15) is 5.26 Å². The van der Waals surface area contributed by atoms with E-state index < -0.39 is 0 Å². The Balaban J connectivity index is 1.73. The first kappa shape index (κ1) is 23.7. The van der Waals surface area contributed by atoms with Crippen LogP contribution >= 0.6 is 23.2 Å². The molecule has 0 bridgehead atoms. The first-order valence-electron chi connectivity index (χ1n) is 11.0. The zero-order valence-corrected chi connectivity index (χ0v) is 20.5. The average Bonchev–Trinajstić information content (AvgIpc) is 3.27. The summed E-state index contributed by atoms with van der Waals surface area (Å²) in [4.78, 5) is 10.0. The number of nitrogens with one attached hydrogen (secondary N) is 1. The number of nitriles is 1. The van der Waals surface area contributed by atoms with Gasteiger partial charge in [0.25, 0.3) is 0 Å². The van der Waals surface area contributed by atoms with E-state index in [-0.39, 0.29) is 6.61 Å². The summed E-state index contributed by atoms with van der Waals surface area (Å²) >= 11 is 12.4. The number of hydrogen-bond acceptors (Lipinski definition) is 4. The summed E-state index contributed by atoms with van der Waals surface area (Å²) in [6.07, 6.45) is 1.79. The second-order valence-electron chi connectivity index (χ2n) is 7.69. The topological polar surface area (TPSA) is 64.9 Å². The molecule has 1 N–H and O–H groups in total. The van der Waals surface area contributed by atoms with Gasteiger partial charge in [-0.05, 0) is 56.3 Å². The molecular weight excluding hydrogens is 467 g/mol. The van der Waals surface area contributed by atoms with Crippen LogP contribution in [0.3, 0.4) is 0 Å². The van der Waals surface area contributed by atoms with Crippen LogP contribution in [0.2, 0.25) is 10.0 Å². The van der Waals surface area contributed by atoms with Crippen LogP contribution < -0.4 is 9.64 Å². The third-order valence-electron chi connectivity index (χ3n) is 5.59. The molecular formula is C27H24Cl2N4O. The summed E-state index contributed by atoms with van der Waals surface area (Å²) in [6, 6.07) is 21.3. The van der Waals surface area contributed by atoms with Gasteiger partial charge in [-0.1, -0.05) is 41.4 Å². The van der Waals surface area contributed by atoms with E-state index in [1.54, 1.807) is 18.2 Å². The summed E-state index contributed by atoms with van der Waals surface area (Å²) in [5, 5.41) is 11.0. The van der Waals surface area contributed by atoms with Crippen LogP contribution in [0.25, 0.3) is 22.7 Å². The van der Waals surface area contributed by atoms with Crippen molar-refractivity contribution >= 4 is 51.6 Å². The van der Waals surface area contributed by atoms with Crippen molar-refractivity contribution in [2.45, 2.75) is 20.5 Å². The number of rotatable bonds is 8. The van der Waals surface area contributed by atoms with Gasteiger partial charge in [-0.2, -0.15) is 5.26 Å². The molecule has 4 rings (SSSR count). The van der Waals surface area contributed by atoms with Crippen molar-refractivity contribution < 1.29 is 4.74 Å². The lowest BCUT2D eigenvalue weighted by atomic mass is 10.1. The van der Waals surface area contributed by atoms with Gasteiger partial charge < -0.3 is 14.6 Å². The molecule has 0 fully saturated rings. The standard InChI is InChI=1S/C27H24Cl2N4O/c1-3-33(4-2)22-12-10-18(26(15-22)34-17-19-9-11-21(28)14-23(19)29)13-20(16-30)27-31-24-7-5-6-8-25(24)32-27/h5-15H,3-4,17H2,1-2H3,(H,31,32)/b20-13+. The van der Waals surface area contributed by atoms with Crippen molar-refractivity contribution in [2.75, 3.05) is 18.0 Å². The van der Waals surface area contributed by atoms with E-state index in [0.29, 0.717) is 27.2 Å². The summed E-state index contributed by atoms with van der Waals surface area (Å²) in [7, 11) is 0. The first-order chi connectivity index (χ1) is 16.5. The average molecular weight is 491 g/mol. The molecule has 0 radical (unpaired) electrons. The highest BCUT2D eigenvalue weighted by molar-refractivity contribution is 6.35. The maximum atomic E-state index is 9.89. The number of aromatic nitrogens is 2. The van der Waals surface area contributed by atoms with Gasteiger partial charge >= 0.3 is 0 Å². The second kappa shape index (κ2) is 10.6. The molecule has 5 nitrogen and oxygen atoms in total. The summed E-state index contributed by atoms with van der Waals surface area (Å²) in [5.41, 5.74) is 4.75. The summed E-state index contributed by atoms with van der Waals surface area (Å²) in [6.45, 7) is 6.24. The maximum Gasteiger partial charge on any atom is 0.149 e. The van der Waals surface area contributed by atoms with Crippen LogP contribution in [0, 0.1) is 11.3 Å². The van der Waals surface area contributed by atoms with Gasteiger partial charge in [0.05, 0.1) is 16.6 Å². The van der Waals surface area contributed by atoms with Gasteiger partial charge in [-0.3, -0.25) is 0 Å². The molecule has 0 atom stereocenters. The minimum atomic E-state index is 0.269. The lowest BCUT2D eigenvalue weighted by Crippen LogP contribution is -2.21. The van der Waals surface area contributed by atoms with Crippen LogP contribution in [0.1, 0.15) is 30.8 Å². The van der Waals surface area contributed by atoms with Crippen molar-refractivity contribution in [1.29, 1.82) is 5.26 Å². The van der Waals surface area contributed by atoms with Crippen molar-refractivity contribution in [3.8, 4) is 11.8 Å². The number of hydrogen-bond donors (Lipinski definition) is 1. The monoisotopic (exact) mass is 490 g/mol. The van der Waals surface area contributed by atoms with Crippen molar-refractivity contribution in [3.63, 3.8) is 0 Å². The molecule has 7 heteroatoms. The Bertz CT molecular complexity index is 1350. The number of nitrogens with zero attached hydrogens (tertiary/aromatic N) is 3. The van der Waals surface area contributed by atoms with E-state index in [4.69, 9.17) is 27.9 Å². The summed E-state index contributed by atoms with van der Waals surface area (Å²) in [5.74, 6) is 1.17. The third-order valence-corrected chi connectivity index (χ3v) is 6.18. The molecule has 0 saturated carbocycles. The van der Waals surface area contributed by atoms with Crippen LogP contribution in [0.5, 0.6) is 5.75 Å². The number of benzene rings is 3. The fraction of sp³-hybridized carbons (Fsp3) is 0.185. The number of halogens is 2. The smallest absolute Gasteiger partial charge is 0.149 e. The van der Waals surface area contributed by atoms with Crippen molar-refractivity contribution in [2.24, 2.45) is 0 Å². The predicted molar refractivity (Wildman–Crippen MR) is 140 cm³/mol. The van der Waals surface area contributed by atoms with Gasteiger partial charge in [0.2, 0.25) is 0 Å². The Hall–Kier alpha value is -3.46. The number of H-pyrrole nitrogens is 1. The molecule has 0 saturated heterocycles. The zero-order valence-electron chi connectivity index (χ0n) is 19.0. The number of anilines is 1. The van der Waals surface area contributed by atoms with Gasteiger partial charge in [0, 0.05) is 46.0 Å². The van der Waals surface area contributed by atoms with Gasteiger partial charge in [0.15, 0.2) is 0 Å². The highest BCUT2D eigenvalue weighted by atomic mass is 35.5. The largest absolute Gasteiger partial charge is 0.488 e. The van der Waals surface area contributed by atoms with Crippen LogP contribution in [0.4, 0.5) is 5.69 Å². The molecule has 3 aromatic carbocycles. The number of para-hydroxylation sites is 2. The SMILES string of the molecule is CCN(CC)c1ccc(/C=C(\C#N)c2nc3ccccc3[nH]2)c(OCc2ccc(Cl)cc2Cl)c1. The molecule has 0 amide bonds. The molecule has 0 unspecified atom stereocenters. The van der Waals surface area contributed by atoms with Gasteiger partial charge in [-0.25, -0.2) is 4.98 Å². The van der Waals surface area contributed by atoms with Crippen molar-refractivity contribution in [3.05, 3.63) is 87.7 Å². The van der Waals surface area contributed by atoms with Crippen LogP contribution in [0.15, 0.2) is 60.7 Å². The number of imidazole rings is 1. The molecule has 0 aliphatic heterocycles. The minimum absolute atomic E-state index is 0.269. The molecule has 0 spiro atoms. The zero-order chi connectivity index (χ0) is 24.1. The number of fused-ring (bicyclic) bond motifs is 1.